The van der Waals surface area contributed by atoms with E-state index < -0.39 is 11.5 Å². The second-order valence-corrected chi connectivity index (χ2v) is 5.48. The third kappa shape index (κ3) is 2.65. The van der Waals surface area contributed by atoms with E-state index in [-0.39, 0.29) is 16.8 Å². The standard InChI is InChI=1S/C15H12BrN3O3/c1-3-9-4-5-12(11(16)6-9)19-14(20)10(7-17)8(2)13(18-19)15(21)22/h4-6H,3H2,1-2H3,(H,21,22). The van der Waals surface area contributed by atoms with Crippen molar-refractivity contribution in [2.75, 3.05) is 0 Å². The van der Waals surface area contributed by atoms with E-state index in [0.29, 0.717) is 10.2 Å². The SMILES string of the molecule is CCc1ccc(-n2nc(C(=O)O)c(C)c(C#N)c2=O)c(Br)c1. The van der Waals surface area contributed by atoms with Crippen LogP contribution in [0.4, 0.5) is 0 Å². The molecule has 0 saturated carbocycles. The topological polar surface area (TPSA) is 96.0 Å². The molecule has 0 radical (unpaired) electrons. The van der Waals surface area contributed by atoms with Crippen molar-refractivity contribution < 1.29 is 9.90 Å². The first-order valence-corrected chi connectivity index (χ1v) is 7.26. The first-order chi connectivity index (χ1) is 10.4. The van der Waals surface area contributed by atoms with Crippen molar-refractivity contribution in [2.24, 2.45) is 0 Å². The Hall–Kier alpha value is -2.46. The molecule has 22 heavy (non-hydrogen) atoms. The van der Waals surface area contributed by atoms with Gasteiger partial charge in [-0.05, 0) is 47.0 Å². The minimum absolute atomic E-state index is 0.0672. The highest BCUT2D eigenvalue weighted by Gasteiger charge is 2.20. The summed E-state index contributed by atoms with van der Waals surface area (Å²) >= 11 is 3.36. The van der Waals surface area contributed by atoms with Gasteiger partial charge in [-0.15, -0.1) is 0 Å². The number of nitrogens with zero attached hydrogens (tertiary/aromatic N) is 3. The molecule has 0 fully saturated rings. The van der Waals surface area contributed by atoms with Gasteiger partial charge >= 0.3 is 5.97 Å². The van der Waals surface area contributed by atoms with Crippen LogP contribution in [0.3, 0.4) is 0 Å². The van der Waals surface area contributed by atoms with Crippen LogP contribution in [0.5, 0.6) is 0 Å². The zero-order valence-electron chi connectivity index (χ0n) is 11.9. The maximum atomic E-state index is 12.4. The molecule has 1 heterocycles. The number of aryl methyl sites for hydroxylation is 1. The molecule has 0 amide bonds. The average Bonchev–Trinajstić information content (AvgIpc) is 2.48. The number of carboxylic acid groups (broad SMARTS) is 1. The van der Waals surface area contributed by atoms with Gasteiger partial charge in [0.1, 0.15) is 11.6 Å². The van der Waals surface area contributed by atoms with E-state index in [1.807, 2.05) is 19.1 Å². The Balaban J connectivity index is 2.82. The molecule has 6 nitrogen and oxygen atoms in total. The summed E-state index contributed by atoms with van der Waals surface area (Å²) in [5.74, 6) is -1.29. The van der Waals surface area contributed by atoms with Gasteiger partial charge in [0.15, 0.2) is 5.69 Å². The Kier molecular flexibility index (Phi) is 4.43. The first kappa shape index (κ1) is 15.9. The summed E-state index contributed by atoms with van der Waals surface area (Å²) in [7, 11) is 0. The summed E-state index contributed by atoms with van der Waals surface area (Å²) in [6.07, 6.45) is 0.818. The lowest BCUT2D eigenvalue weighted by Gasteiger charge is -2.11. The molecule has 0 bridgehead atoms. The Labute approximate surface area is 134 Å². The highest BCUT2D eigenvalue weighted by molar-refractivity contribution is 9.10. The lowest BCUT2D eigenvalue weighted by molar-refractivity contribution is 0.0687. The number of rotatable bonds is 3. The molecule has 7 heteroatoms. The predicted octanol–water partition coefficient (Wildman–Crippen LogP) is 2.44. The van der Waals surface area contributed by atoms with Gasteiger partial charge in [-0.25, -0.2) is 4.79 Å². The Morgan fingerprint density at radius 3 is 2.68 bits per heavy atom. The lowest BCUT2D eigenvalue weighted by Crippen LogP contribution is -2.28. The fraction of sp³-hybridized carbons (Fsp3) is 0.200. The summed E-state index contributed by atoms with van der Waals surface area (Å²) in [5, 5.41) is 22.2. The molecule has 1 N–H and O–H groups in total. The molecule has 0 spiro atoms. The lowest BCUT2D eigenvalue weighted by atomic mass is 10.1. The first-order valence-electron chi connectivity index (χ1n) is 6.46. The van der Waals surface area contributed by atoms with Gasteiger partial charge in [0.05, 0.1) is 5.69 Å². The molecule has 2 rings (SSSR count). The van der Waals surface area contributed by atoms with Crippen molar-refractivity contribution in [3.63, 3.8) is 0 Å². The minimum Gasteiger partial charge on any atom is -0.476 e. The summed E-state index contributed by atoms with van der Waals surface area (Å²) in [5.41, 5.74) is 0.324. The zero-order valence-corrected chi connectivity index (χ0v) is 13.5. The van der Waals surface area contributed by atoms with E-state index in [2.05, 4.69) is 21.0 Å². The third-order valence-corrected chi connectivity index (χ3v) is 3.93. The summed E-state index contributed by atoms with van der Waals surface area (Å²) < 4.78 is 1.55. The monoisotopic (exact) mass is 361 g/mol. The van der Waals surface area contributed by atoms with Crippen molar-refractivity contribution in [1.82, 2.24) is 9.78 Å². The van der Waals surface area contributed by atoms with Gasteiger partial charge in [-0.2, -0.15) is 15.0 Å². The summed E-state index contributed by atoms with van der Waals surface area (Å²) in [4.78, 5) is 23.6. The number of hydrogen-bond donors (Lipinski definition) is 1. The van der Waals surface area contributed by atoms with Crippen molar-refractivity contribution in [2.45, 2.75) is 20.3 Å². The Bertz CT molecular complexity index is 866. The number of aromatic carboxylic acids is 1. The van der Waals surface area contributed by atoms with Crippen LogP contribution >= 0.6 is 15.9 Å². The highest BCUT2D eigenvalue weighted by Crippen LogP contribution is 2.22. The number of hydrogen-bond acceptors (Lipinski definition) is 4. The van der Waals surface area contributed by atoms with Gasteiger partial charge in [-0.1, -0.05) is 13.0 Å². The second-order valence-electron chi connectivity index (χ2n) is 4.62. The molecule has 112 valence electrons. The number of nitriles is 1. The van der Waals surface area contributed by atoms with E-state index in [1.165, 1.54) is 6.92 Å². The number of halogens is 1. The van der Waals surface area contributed by atoms with Gasteiger partial charge in [0.2, 0.25) is 0 Å². The van der Waals surface area contributed by atoms with Crippen molar-refractivity contribution in [3.8, 4) is 11.8 Å². The van der Waals surface area contributed by atoms with Gasteiger partial charge in [-0.3, -0.25) is 4.79 Å². The molecule has 1 aromatic heterocycles. The summed E-state index contributed by atoms with van der Waals surface area (Å²) in [6.45, 7) is 3.39. The maximum absolute atomic E-state index is 12.4. The average molecular weight is 362 g/mol. The van der Waals surface area contributed by atoms with Crippen molar-refractivity contribution in [1.29, 1.82) is 5.26 Å². The van der Waals surface area contributed by atoms with Crippen LogP contribution in [0.1, 0.15) is 34.1 Å². The molecule has 0 aliphatic rings. The fourth-order valence-corrected chi connectivity index (χ4v) is 2.64. The molecule has 0 unspecified atom stereocenters. The Morgan fingerprint density at radius 2 is 2.18 bits per heavy atom. The normalized spacial score (nSPS) is 10.3. The quantitative estimate of drug-likeness (QED) is 0.905. The van der Waals surface area contributed by atoms with E-state index in [0.717, 1.165) is 16.7 Å². The van der Waals surface area contributed by atoms with Crippen LogP contribution < -0.4 is 5.56 Å². The second kappa shape index (κ2) is 6.12. The van der Waals surface area contributed by atoms with E-state index in [1.54, 1.807) is 12.1 Å². The number of carboxylic acids is 1. The molecule has 1 aromatic carbocycles. The van der Waals surface area contributed by atoms with Crippen LogP contribution in [0, 0.1) is 18.3 Å². The molecule has 2 aromatic rings. The molecule has 0 saturated heterocycles. The largest absolute Gasteiger partial charge is 0.476 e. The van der Waals surface area contributed by atoms with Crippen LogP contribution in [0.2, 0.25) is 0 Å². The highest BCUT2D eigenvalue weighted by atomic mass is 79.9. The van der Waals surface area contributed by atoms with Crippen molar-refractivity contribution in [3.05, 3.63) is 55.4 Å². The number of carbonyl (C=O) groups is 1. The maximum Gasteiger partial charge on any atom is 0.356 e. The molecule has 0 aliphatic heterocycles. The van der Waals surface area contributed by atoms with Gasteiger partial charge in [0, 0.05) is 10.0 Å². The number of benzene rings is 1. The predicted molar refractivity (Wildman–Crippen MR) is 83.3 cm³/mol. The zero-order chi connectivity index (χ0) is 16.4. The molecular weight excluding hydrogens is 350 g/mol. The van der Waals surface area contributed by atoms with E-state index in [9.17, 15) is 14.7 Å². The minimum atomic E-state index is -1.29. The number of aromatic nitrogens is 2. The van der Waals surface area contributed by atoms with Gasteiger partial charge < -0.3 is 5.11 Å². The van der Waals surface area contributed by atoms with Gasteiger partial charge in [0.25, 0.3) is 5.56 Å². The Morgan fingerprint density at radius 1 is 1.50 bits per heavy atom. The molecule has 0 atom stereocenters. The van der Waals surface area contributed by atoms with E-state index in [4.69, 9.17) is 5.26 Å². The summed E-state index contributed by atoms with van der Waals surface area (Å²) in [6, 6.07) is 7.07. The van der Waals surface area contributed by atoms with Crippen molar-refractivity contribution >= 4 is 21.9 Å². The van der Waals surface area contributed by atoms with Crippen LogP contribution in [0.15, 0.2) is 27.5 Å². The molecule has 0 aliphatic carbocycles. The van der Waals surface area contributed by atoms with Crippen LogP contribution in [-0.2, 0) is 6.42 Å². The van der Waals surface area contributed by atoms with E-state index >= 15 is 0 Å². The fourth-order valence-electron chi connectivity index (χ4n) is 2.05. The molecular formula is C15H12BrN3O3. The van der Waals surface area contributed by atoms with Crippen LogP contribution in [0.25, 0.3) is 5.69 Å². The smallest absolute Gasteiger partial charge is 0.356 e. The van der Waals surface area contributed by atoms with Crippen LogP contribution in [-0.4, -0.2) is 20.9 Å². The third-order valence-electron chi connectivity index (χ3n) is 3.30.